The number of esters is 1. The van der Waals surface area contributed by atoms with Crippen LogP contribution in [0.5, 0.6) is 0 Å². The molecule has 164 valence electrons. The van der Waals surface area contributed by atoms with Gasteiger partial charge in [0.15, 0.2) is 0 Å². The zero-order valence-corrected chi connectivity index (χ0v) is 17.5. The third-order valence-corrected chi connectivity index (χ3v) is 5.67. The van der Waals surface area contributed by atoms with Crippen molar-refractivity contribution in [2.75, 3.05) is 17.1 Å². The second-order valence-electron chi connectivity index (χ2n) is 6.44. The van der Waals surface area contributed by atoms with E-state index in [0.29, 0.717) is 0 Å². The molecule has 32 heavy (non-hydrogen) atoms. The van der Waals surface area contributed by atoms with Crippen LogP contribution in [0.1, 0.15) is 20.7 Å². The van der Waals surface area contributed by atoms with E-state index >= 15 is 0 Å². The Kier molecular flexibility index (Phi) is 6.50. The van der Waals surface area contributed by atoms with Crippen LogP contribution in [0.2, 0.25) is 0 Å². The molecule has 0 radical (unpaired) electrons. The lowest BCUT2D eigenvalue weighted by Gasteiger charge is -2.14. The number of anilines is 2. The van der Waals surface area contributed by atoms with Gasteiger partial charge in [-0.1, -0.05) is 30.3 Å². The van der Waals surface area contributed by atoms with Crippen LogP contribution in [-0.2, 0) is 14.8 Å². The van der Waals surface area contributed by atoms with Crippen LogP contribution in [0.3, 0.4) is 0 Å². The maximum atomic E-state index is 12.8. The fraction of sp³-hybridized carbons (Fsp3) is 0.0476. The number of carbonyl (C=O) groups is 2. The normalized spacial score (nSPS) is 10.8. The standard InChI is InChI=1S/C21H17N3O7S/c1-31-21(26)15-11-14(12-16(13-15)24(27)28)20(25)22-18-9-5-6-10-19(18)23-32(29,30)17-7-3-2-4-8-17/h2-13,23H,1H3,(H,22,25). The van der Waals surface area contributed by atoms with Crippen molar-refractivity contribution in [3.8, 4) is 0 Å². The monoisotopic (exact) mass is 455 g/mol. The van der Waals surface area contributed by atoms with E-state index < -0.39 is 32.5 Å². The molecule has 0 saturated heterocycles. The van der Waals surface area contributed by atoms with E-state index in [-0.39, 0.29) is 27.4 Å². The molecule has 0 heterocycles. The van der Waals surface area contributed by atoms with Crippen LogP contribution in [0.15, 0.2) is 77.7 Å². The molecule has 0 aliphatic heterocycles. The molecule has 0 atom stereocenters. The van der Waals surface area contributed by atoms with E-state index in [2.05, 4.69) is 14.8 Å². The molecule has 0 aliphatic carbocycles. The summed E-state index contributed by atoms with van der Waals surface area (Å²) in [7, 11) is -2.82. The highest BCUT2D eigenvalue weighted by molar-refractivity contribution is 7.92. The molecule has 1 amide bonds. The minimum Gasteiger partial charge on any atom is -0.465 e. The van der Waals surface area contributed by atoms with Crippen molar-refractivity contribution in [1.29, 1.82) is 0 Å². The number of nitrogens with one attached hydrogen (secondary N) is 2. The highest BCUT2D eigenvalue weighted by atomic mass is 32.2. The average molecular weight is 455 g/mol. The molecule has 0 spiro atoms. The summed E-state index contributed by atoms with van der Waals surface area (Å²) in [6.45, 7) is 0. The van der Waals surface area contributed by atoms with Gasteiger partial charge in [0.1, 0.15) is 0 Å². The molecule has 0 unspecified atom stereocenters. The SMILES string of the molecule is COC(=O)c1cc(C(=O)Nc2ccccc2NS(=O)(=O)c2ccccc2)cc([N+](=O)[O-])c1. The number of hydrogen-bond donors (Lipinski definition) is 2. The Hall–Kier alpha value is -4.25. The van der Waals surface area contributed by atoms with Crippen LogP contribution in [-0.4, -0.2) is 32.3 Å². The fourth-order valence-corrected chi connectivity index (χ4v) is 3.86. The molecule has 0 saturated carbocycles. The van der Waals surface area contributed by atoms with Crippen molar-refractivity contribution in [3.63, 3.8) is 0 Å². The van der Waals surface area contributed by atoms with Gasteiger partial charge in [0, 0.05) is 17.7 Å². The molecule has 3 rings (SSSR count). The van der Waals surface area contributed by atoms with E-state index in [1.807, 2.05) is 0 Å². The van der Waals surface area contributed by atoms with Crippen molar-refractivity contribution in [3.05, 3.63) is 94.0 Å². The summed E-state index contributed by atoms with van der Waals surface area (Å²) in [4.78, 5) is 35.1. The van der Waals surface area contributed by atoms with Crippen molar-refractivity contribution in [2.45, 2.75) is 4.90 Å². The van der Waals surface area contributed by atoms with Gasteiger partial charge in [-0.25, -0.2) is 13.2 Å². The van der Waals surface area contributed by atoms with E-state index in [1.165, 1.54) is 24.3 Å². The van der Waals surface area contributed by atoms with Crippen LogP contribution < -0.4 is 10.0 Å². The fourth-order valence-electron chi connectivity index (χ4n) is 2.76. The van der Waals surface area contributed by atoms with Gasteiger partial charge < -0.3 is 10.1 Å². The van der Waals surface area contributed by atoms with Crippen LogP contribution >= 0.6 is 0 Å². The minimum absolute atomic E-state index is 0.0301. The largest absolute Gasteiger partial charge is 0.465 e. The molecule has 0 aliphatic rings. The van der Waals surface area contributed by atoms with Crippen molar-refractivity contribution in [1.82, 2.24) is 0 Å². The zero-order valence-electron chi connectivity index (χ0n) is 16.6. The van der Waals surface area contributed by atoms with Gasteiger partial charge in [0.05, 0.1) is 33.9 Å². The molecule has 3 aromatic rings. The molecule has 3 aromatic carbocycles. The predicted molar refractivity (Wildman–Crippen MR) is 116 cm³/mol. The number of benzene rings is 3. The molecule has 10 nitrogen and oxygen atoms in total. The predicted octanol–water partition coefficient (Wildman–Crippen LogP) is 3.43. The quantitative estimate of drug-likeness (QED) is 0.315. The lowest BCUT2D eigenvalue weighted by atomic mass is 10.1. The maximum Gasteiger partial charge on any atom is 0.338 e. The van der Waals surface area contributed by atoms with E-state index in [4.69, 9.17) is 0 Å². The van der Waals surface area contributed by atoms with Gasteiger partial charge >= 0.3 is 5.97 Å². The van der Waals surface area contributed by atoms with Crippen LogP contribution in [0.25, 0.3) is 0 Å². The second kappa shape index (κ2) is 9.27. The first-order chi connectivity index (χ1) is 15.2. The molecular formula is C21H17N3O7S. The van der Waals surface area contributed by atoms with Crippen molar-refractivity contribution >= 4 is 39.0 Å². The van der Waals surface area contributed by atoms with Gasteiger partial charge in [-0.3, -0.25) is 19.6 Å². The Morgan fingerprint density at radius 1 is 0.906 bits per heavy atom. The highest BCUT2D eigenvalue weighted by Gasteiger charge is 2.20. The maximum absolute atomic E-state index is 12.8. The number of amides is 1. The number of nitro benzene ring substituents is 1. The van der Waals surface area contributed by atoms with Gasteiger partial charge in [-0.15, -0.1) is 0 Å². The number of nitro groups is 1. The highest BCUT2D eigenvalue weighted by Crippen LogP contribution is 2.26. The van der Waals surface area contributed by atoms with E-state index in [0.717, 1.165) is 25.3 Å². The summed E-state index contributed by atoms with van der Waals surface area (Å²) in [6, 6.07) is 16.8. The molecule has 0 fully saturated rings. The molecule has 0 bridgehead atoms. The number of nitrogens with zero attached hydrogens (tertiary/aromatic N) is 1. The van der Waals surface area contributed by atoms with Gasteiger partial charge in [0.25, 0.3) is 21.6 Å². The van der Waals surface area contributed by atoms with Crippen LogP contribution in [0.4, 0.5) is 17.1 Å². The van der Waals surface area contributed by atoms with E-state index in [1.54, 1.807) is 30.3 Å². The topological polar surface area (TPSA) is 145 Å². The number of para-hydroxylation sites is 2. The zero-order chi connectivity index (χ0) is 23.3. The smallest absolute Gasteiger partial charge is 0.338 e. The number of sulfonamides is 1. The van der Waals surface area contributed by atoms with Crippen LogP contribution in [0, 0.1) is 10.1 Å². The summed E-state index contributed by atoms with van der Waals surface area (Å²) >= 11 is 0. The van der Waals surface area contributed by atoms with Crippen molar-refractivity contribution in [2.24, 2.45) is 0 Å². The van der Waals surface area contributed by atoms with E-state index in [9.17, 15) is 28.1 Å². The summed E-state index contributed by atoms with van der Waals surface area (Å²) in [5, 5.41) is 13.7. The number of carbonyl (C=O) groups excluding carboxylic acids is 2. The number of rotatable bonds is 7. The summed E-state index contributed by atoms with van der Waals surface area (Å²) in [5.41, 5.74) is -0.632. The molecule has 0 aromatic heterocycles. The Bertz CT molecular complexity index is 1290. The molecule has 2 N–H and O–H groups in total. The molecule has 11 heteroatoms. The third-order valence-electron chi connectivity index (χ3n) is 4.28. The first-order valence-electron chi connectivity index (χ1n) is 9.07. The summed E-state index contributed by atoms with van der Waals surface area (Å²) < 4.78 is 32.2. The Morgan fingerprint density at radius 3 is 2.12 bits per heavy atom. The Labute approximate surface area is 183 Å². The van der Waals surface area contributed by atoms with Crippen molar-refractivity contribution < 1.29 is 27.7 Å². The number of hydrogen-bond acceptors (Lipinski definition) is 7. The lowest BCUT2D eigenvalue weighted by molar-refractivity contribution is -0.384. The summed E-state index contributed by atoms with van der Waals surface area (Å²) in [5.74, 6) is -1.64. The summed E-state index contributed by atoms with van der Waals surface area (Å²) in [6.07, 6.45) is 0. The number of ether oxygens (including phenoxy) is 1. The van der Waals surface area contributed by atoms with Gasteiger partial charge in [0.2, 0.25) is 0 Å². The average Bonchev–Trinajstić information content (AvgIpc) is 2.79. The second-order valence-corrected chi connectivity index (χ2v) is 8.12. The lowest BCUT2D eigenvalue weighted by Crippen LogP contribution is -2.17. The third kappa shape index (κ3) is 5.08. The first-order valence-corrected chi connectivity index (χ1v) is 10.6. The first kappa shape index (κ1) is 22.4. The number of methoxy groups -OCH3 is 1. The Balaban J connectivity index is 1.92. The van der Waals surface area contributed by atoms with Gasteiger partial charge in [-0.05, 0) is 30.3 Å². The Morgan fingerprint density at radius 2 is 1.50 bits per heavy atom. The van der Waals surface area contributed by atoms with Gasteiger partial charge in [-0.2, -0.15) is 0 Å². The minimum atomic E-state index is -3.93. The molecular weight excluding hydrogens is 438 g/mol. The number of non-ortho nitro benzene ring substituents is 1.